The highest BCUT2D eigenvalue weighted by Crippen LogP contribution is 2.35. The van der Waals surface area contributed by atoms with Gasteiger partial charge in [-0.1, -0.05) is 0 Å². The molecule has 4 rings (SSSR count). The number of rotatable bonds is 2. The van der Waals surface area contributed by atoms with Gasteiger partial charge in [-0.05, 0) is 61.8 Å². The summed E-state index contributed by atoms with van der Waals surface area (Å²) in [6, 6.07) is 8.89. The van der Waals surface area contributed by atoms with Gasteiger partial charge in [-0.25, -0.2) is 0 Å². The molecule has 17 heavy (non-hydrogen) atoms. The van der Waals surface area contributed by atoms with Crippen molar-refractivity contribution in [2.24, 2.45) is 11.8 Å². The van der Waals surface area contributed by atoms with Gasteiger partial charge in [0.1, 0.15) is 0 Å². The zero-order valence-electron chi connectivity index (χ0n) is 10.7. The number of hydrogen-bond donors (Lipinski definition) is 1. The molecular weight excluding hydrogens is 208 g/mol. The van der Waals surface area contributed by atoms with Gasteiger partial charge in [-0.3, -0.25) is 0 Å². The lowest BCUT2D eigenvalue weighted by Gasteiger charge is -2.25. The van der Waals surface area contributed by atoms with Crippen molar-refractivity contribution in [2.45, 2.75) is 25.7 Å². The van der Waals surface area contributed by atoms with Gasteiger partial charge in [0.25, 0.3) is 0 Å². The molecule has 1 aromatic rings. The van der Waals surface area contributed by atoms with E-state index >= 15 is 0 Å². The predicted molar refractivity (Wildman–Crippen MR) is 73.6 cm³/mol. The number of benzene rings is 1. The zero-order chi connectivity index (χ0) is 11.7. The highest BCUT2D eigenvalue weighted by atomic mass is 15.1. The Kier molecular flexibility index (Phi) is 2.96. The van der Waals surface area contributed by atoms with Gasteiger partial charge < -0.3 is 10.2 Å². The summed E-state index contributed by atoms with van der Waals surface area (Å²) in [5.41, 5.74) is 2.61. The van der Waals surface area contributed by atoms with Crippen LogP contribution in [0.2, 0.25) is 0 Å². The minimum absolute atomic E-state index is 0.942. The zero-order valence-corrected chi connectivity index (χ0v) is 10.7. The van der Waals surface area contributed by atoms with E-state index in [2.05, 4.69) is 34.5 Å². The van der Waals surface area contributed by atoms with E-state index in [1.165, 1.54) is 50.1 Å². The lowest BCUT2D eigenvalue weighted by molar-refractivity contribution is 0.326. The number of hydrogen-bond acceptors (Lipinski definition) is 2. The first-order valence-corrected chi connectivity index (χ1v) is 6.88. The average molecular weight is 230 g/mol. The molecule has 3 fully saturated rings. The monoisotopic (exact) mass is 230 g/mol. The van der Waals surface area contributed by atoms with E-state index in [9.17, 15) is 0 Å². The minimum atomic E-state index is 0.942. The quantitative estimate of drug-likeness (QED) is 0.838. The van der Waals surface area contributed by atoms with E-state index in [1.807, 2.05) is 7.05 Å². The maximum Gasteiger partial charge on any atom is 0.0367 e. The van der Waals surface area contributed by atoms with Crippen molar-refractivity contribution in [3.63, 3.8) is 0 Å². The Morgan fingerprint density at radius 1 is 0.941 bits per heavy atom. The Balaban J connectivity index is 1.78. The molecule has 1 saturated carbocycles. The molecule has 92 valence electrons. The standard InChI is InChI=1S/C15H22N2/c1-16-14-6-8-15(9-7-14)17-10-12-2-3-13(11-17)5-4-12/h6-9,12-13,16H,2-5,10-11H2,1H3. The summed E-state index contributed by atoms with van der Waals surface area (Å²) in [5.74, 6) is 1.88. The summed E-state index contributed by atoms with van der Waals surface area (Å²) >= 11 is 0. The first kappa shape index (κ1) is 10.9. The molecular formula is C15H22N2. The summed E-state index contributed by atoms with van der Waals surface area (Å²) < 4.78 is 0. The fourth-order valence-corrected chi connectivity index (χ4v) is 3.34. The van der Waals surface area contributed by atoms with Crippen molar-refractivity contribution in [2.75, 3.05) is 30.4 Å². The van der Waals surface area contributed by atoms with Gasteiger partial charge in [-0.15, -0.1) is 0 Å². The van der Waals surface area contributed by atoms with Crippen LogP contribution in [0.5, 0.6) is 0 Å². The Morgan fingerprint density at radius 3 is 1.94 bits per heavy atom. The SMILES string of the molecule is CNc1ccc(N2CC3CCC(CC3)C2)cc1. The normalized spacial score (nSPS) is 27.9. The Hall–Kier alpha value is -1.18. The number of nitrogens with zero attached hydrogens (tertiary/aromatic N) is 1. The van der Waals surface area contributed by atoms with Crippen LogP contribution in [0.3, 0.4) is 0 Å². The highest BCUT2D eigenvalue weighted by molar-refractivity contribution is 5.55. The smallest absolute Gasteiger partial charge is 0.0367 e. The van der Waals surface area contributed by atoms with Crippen LogP contribution in [-0.4, -0.2) is 20.1 Å². The molecule has 2 saturated heterocycles. The van der Waals surface area contributed by atoms with Gasteiger partial charge >= 0.3 is 0 Å². The molecule has 0 aromatic heterocycles. The topological polar surface area (TPSA) is 15.3 Å². The van der Waals surface area contributed by atoms with Gasteiger partial charge in [0.15, 0.2) is 0 Å². The Labute approximate surface area is 104 Å². The van der Waals surface area contributed by atoms with Crippen LogP contribution in [-0.2, 0) is 0 Å². The fraction of sp³-hybridized carbons (Fsp3) is 0.600. The average Bonchev–Trinajstić information content (AvgIpc) is 2.72. The molecule has 2 aliphatic heterocycles. The minimum Gasteiger partial charge on any atom is -0.388 e. The van der Waals surface area contributed by atoms with Crippen LogP contribution in [0, 0.1) is 11.8 Å². The second-order valence-electron chi connectivity index (χ2n) is 5.59. The second kappa shape index (κ2) is 4.59. The molecule has 1 aliphatic carbocycles. The fourth-order valence-electron chi connectivity index (χ4n) is 3.34. The van der Waals surface area contributed by atoms with E-state index in [0.717, 1.165) is 11.8 Å². The van der Waals surface area contributed by atoms with E-state index in [-0.39, 0.29) is 0 Å². The maximum absolute atomic E-state index is 3.18. The van der Waals surface area contributed by atoms with Crippen LogP contribution in [0.15, 0.2) is 24.3 Å². The molecule has 3 aliphatic rings. The Morgan fingerprint density at radius 2 is 1.47 bits per heavy atom. The highest BCUT2D eigenvalue weighted by Gasteiger charge is 2.29. The van der Waals surface area contributed by atoms with Gasteiger partial charge in [0.2, 0.25) is 0 Å². The van der Waals surface area contributed by atoms with Crippen molar-refractivity contribution in [1.29, 1.82) is 0 Å². The molecule has 0 unspecified atom stereocenters. The van der Waals surface area contributed by atoms with E-state index in [4.69, 9.17) is 0 Å². The van der Waals surface area contributed by atoms with E-state index in [1.54, 1.807) is 0 Å². The van der Waals surface area contributed by atoms with Crippen LogP contribution in [0.4, 0.5) is 11.4 Å². The van der Waals surface area contributed by atoms with Gasteiger partial charge in [0.05, 0.1) is 0 Å². The largest absolute Gasteiger partial charge is 0.388 e. The molecule has 1 N–H and O–H groups in total. The van der Waals surface area contributed by atoms with E-state index in [0.29, 0.717) is 0 Å². The Bertz CT molecular complexity index is 349. The third-order valence-corrected chi connectivity index (χ3v) is 4.44. The molecule has 1 aromatic carbocycles. The number of anilines is 2. The second-order valence-corrected chi connectivity index (χ2v) is 5.59. The van der Waals surface area contributed by atoms with Crippen molar-refractivity contribution < 1.29 is 0 Å². The first-order chi connectivity index (χ1) is 8.35. The first-order valence-electron chi connectivity index (χ1n) is 6.88. The molecule has 0 amide bonds. The van der Waals surface area contributed by atoms with Crippen molar-refractivity contribution in [3.05, 3.63) is 24.3 Å². The summed E-state index contributed by atoms with van der Waals surface area (Å²) in [7, 11) is 1.97. The molecule has 2 heteroatoms. The van der Waals surface area contributed by atoms with Crippen LogP contribution in [0.1, 0.15) is 25.7 Å². The van der Waals surface area contributed by atoms with Crippen molar-refractivity contribution in [3.8, 4) is 0 Å². The number of fused-ring (bicyclic) bond motifs is 4. The molecule has 0 spiro atoms. The lowest BCUT2D eigenvalue weighted by Crippen LogP contribution is -2.27. The van der Waals surface area contributed by atoms with Crippen molar-refractivity contribution in [1.82, 2.24) is 0 Å². The summed E-state index contributed by atoms with van der Waals surface area (Å²) in [5, 5.41) is 3.18. The molecule has 2 bridgehead atoms. The third-order valence-electron chi connectivity index (χ3n) is 4.44. The van der Waals surface area contributed by atoms with Crippen LogP contribution < -0.4 is 10.2 Å². The lowest BCUT2D eigenvalue weighted by atomic mass is 9.84. The molecule has 2 nitrogen and oxygen atoms in total. The van der Waals surface area contributed by atoms with Crippen LogP contribution >= 0.6 is 0 Å². The van der Waals surface area contributed by atoms with Crippen LogP contribution in [0.25, 0.3) is 0 Å². The van der Waals surface area contributed by atoms with Gasteiger partial charge in [0, 0.05) is 31.5 Å². The molecule has 2 heterocycles. The maximum atomic E-state index is 3.18. The predicted octanol–water partition coefficient (Wildman–Crippen LogP) is 3.35. The van der Waals surface area contributed by atoms with E-state index < -0.39 is 0 Å². The molecule has 0 atom stereocenters. The summed E-state index contributed by atoms with van der Waals surface area (Å²) in [6.07, 6.45) is 5.82. The number of nitrogens with one attached hydrogen (secondary N) is 1. The molecule has 0 radical (unpaired) electrons. The van der Waals surface area contributed by atoms with Gasteiger partial charge in [-0.2, -0.15) is 0 Å². The summed E-state index contributed by atoms with van der Waals surface area (Å²) in [4.78, 5) is 2.61. The third kappa shape index (κ3) is 2.26. The van der Waals surface area contributed by atoms with Crippen molar-refractivity contribution >= 4 is 11.4 Å². The summed E-state index contributed by atoms with van der Waals surface area (Å²) in [6.45, 7) is 2.55.